The highest BCUT2D eigenvalue weighted by molar-refractivity contribution is 4.73. The number of nitrogens with one attached hydrogen (secondary N) is 1. The first-order valence-corrected chi connectivity index (χ1v) is 4.39. The van der Waals surface area contributed by atoms with Gasteiger partial charge in [-0.2, -0.15) is 0 Å². The van der Waals surface area contributed by atoms with E-state index in [1.165, 1.54) is 32.1 Å². The van der Waals surface area contributed by atoms with Gasteiger partial charge >= 0.3 is 0 Å². The van der Waals surface area contributed by atoms with Crippen molar-refractivity contribution in [2.75, 3.05) is 13.2 Å². The number of ether oxygens (including phenoxy) is 1. The molecule has 0 spiro atoms. The molecule has 1 atom stereocenters. The van der Waals surface area contributed by atoms with Gasteiger partial charge in [0.15, 0.2) is 0 Å². The topological polar surface area (TPSA) is 21.3 Å². The van der Waals surface area contributed by atoms with Gasteiger partial charge in [-0.3, -0.25) is 0 Å². The molecule has 0 radical (unpaired) electrons. The molecular formula is C9H17NO. The van der Waals surface area contributed by atoms with Crippen LogP contribution >= 0.6 is 0 Å². The SMILES string of the molecule is C=COCCC[C@H]1CCCN1. The fourth-order valence-electron chi connectivity index (χ4n) is 1.50. The van der Waals surface area contributed by atoms with Crippen LogP contribution in [0.3, 0.4) is 0 Å². The Balaban J connectivity index is 1.89. The quantitative estimate of drug-likeness (QED) is 0.482. The molecule has 0 saturated carbocycles. The van der Waals surface area contributed by atoms with Crippen molar-refractivity contribution in [3.63, 3.8) is 0 Å². The van der Waals surface area contributed by atoms with Gasteiger partial charge in [0, 0.05) is 6.04 Å². The van der Waals surface area contributed by atoms with Gasteiger partial charge in [-0.25, -0.2) is 0 Å². The van der Waals surface area contributed by atoms with Crippen LogP contribution in [0.5, 0.6) is 0 Å². The third-order valence-electron chi connectivity index (χ3n) is 2.10. The number of hydrogen-bond acceptors (Lipinski definition) is 2. The molecule has 0 aromatic carbocycles. The molecular weight excluding hydrogens is 138 g/mol. The summed E-state index contributed by atoms with van der Waals surface area (Å²) in [5, 5.41) is 3.45. The largest absolute Gasteiger partial charge is 0.502 e. The van der Waals surface area contributed by atoms with E-state index in [4.69, 9.17) is 4.74 Å². The van der Waals surface area contributed by atoms with Crippen molar-refractivity contribution in [1.29, 1.82) is 0 Å². The van der Waals surface area contributed by atoms with Gasteiger partial charge in [0.2, 0.25) is 0 Å². The van der Waals surface area contributed by atoms with Gasteiger partial charge in [-0.05, 0) is 32.2 Å². The van der Waals surface area contributed by atoms with Crippen LogP contribution in [-0.4, -0.2) is 19.2 Å². The Kier molecular flexibility index (Phi) is 4.06. The molecule has 0 aliphatic carbocycles. The predicted molar refractivity (Wildman–Crippen MR) is 46.4 cm³/mol. The van der Waals surface area contributed by atoms with E-state index in [1.54, 1.807) is 0 Å². The monoisotopic (exact) mass is 155 g/mol. The second-order valence-corrected chi connectivity index (χ2v) is 2.97. The molecule has 1 aliphatic rings. The van der Waals surface area contributed by atoms with Crippen LogP contribution in [0.1, 0.15) is 25.7 Å². The molecule has 2 heteroatoms. The summed E-state index contributed by atoms with van der Waals surface area (Å²) < 4.78 is 5.03. The molecule has 1 aliphatic heterocycles. The van der Waals surface area contributed by atoms with E-state index >= 15 is 0 Å². The average Bonchev–Trinajstić information content (AvgIpc) is 2.50. The molecule has 1 N–H and O–H groups in total. The van der Waals surface area contributed by atoms with Crippen LogP contribution in [0.4, 0.5) is 0 Å². The zero-order valence-electron chi connectivity index (χ0n) is 7.01. The Hall–Kier alpha value is -0.500. The highest BCUT2D eigenvalue weighted by Crippen LogP contribution is 2.10. The maximum absolute atomic E-state index is 5.03. The zero-order chi connectivity index (χ0) is 7.94. The van der Waals surface area contributed by atoms with Crippen molar-refractivity contribution in [3.8, 4) is 0 Å². The Labute approximate surface area is 68.6 Å². The van der Waals surface area contributed by atoms with Gasteiger partial charge in [-0.1, -0.05) is 6.58 Å². The van der Waals surface area contributed by atoms with Gasteiger partial charge in [0.05, 0.1) is 12.9 Å². The molecule has 1 rings (SSSR count). The van der Waals surface area contributed by atoms with E-state index in [2.05, 4.69) is 11.9 Å². The lowest BCUT2D eigenvalue weighted by atomic mass is 10.1. The summed E-state index contributed by atoms with van der Waals surface area (Å²) in [5.74, 6) is 0. The molecule has 0 aromatic heterocycles. The maximum Gasteiger partial charge on any atom is 0.0873 e. The lowest BCUT2D eigenvalue weighted by molar-refractivity contribution is 0.238. The smallest absolute Gasteiger partial charge is 0.0873 e. The van der Waals surface area contributed by atoms with Crippen LogP contribution in [0.2, 0.25) is 0 Å². The first-order chi connectivity index (χ1) is 5.43. The molecule has 11 heavy (non-hydrogen) atoms. The lowest BCUT2D eigenvalue weighted by Gasteiger charge is -2.08. The Morgan fingerprint density at radius 1 is 1.64 bits per heavy atom. The van der Waals surface area contributed by atoms with Crippen molar-refractivity contribution in [3.05, 3.63) is 12.8 Å². The van der Waals surface area contributed by atoms with Crippen molar-refractivity contribution in [1.82, 2.24) is 5.32 Å². The maximum atomic E-state index is 5.03. The van der Waals surface area contributed by atoms with E-state index in [0.717, 1.165) is 19.1 Å². The minimum absolute atomic E-state index is 0.753. The summed E-state index contributed by atoms with van der Waals surface area (Å²) in [4.78, 5) is 0. The normalized spacial score (nSPS) is 23.5. The van der Waals surface area contributed by atoms with Crippen LogP contribution in [0, 0.1) is 0 Å². The molecule has 64 valence electrons. The fraction of sp³-hybridized carbons (Fsp3) is 0.778. The van der Waals surface area contributed by atoms with E-state index in [9.17, 15) is 0 Å². The molecule has 1 heterocycles. The van der Waals surface area contributed by atoms with Crippen molar-refractivity contribution >= 4 is 0 Å². The van der Waals surface area contributed by atoms with Crippen molar-refractivity contribution < 1.29 is 4.74 Å². The van der Waals surface area contributed by atoms with E-state index in [1.807, 2.05) is 0 Å². The third-order valence-corrected chi connectivity index (χ3v) is 2.10. The highest BCUT2D eigenvalue weighted by Gasteiger charge is 2.12. The minimum atomic E-state index is 0.753. The van der Waals surface area contributed by atoms with Gasteiger partial charge in [-0.15, -0.1) is 0 Å². The standard InChI is InChI=1S/C9H17NO/c1-2-11-8-4-6-9-5-3-7-10-9/h2,9-10H,1,3-8H2/t9-/m1/s1. The molecule has 1 saturated heterocycles. The van der Waals surface area contributed by atoms with Crippen LogP contribution in [0.15, 0.2) is 12.8 Å². The molecule has 0 bridgehead atoms. The minimum Gasteiger partial charge on any atom is -0.502 e. The molecule has 0 unspecified atom stereocenters. The van der Waals surface area contributed by atoms with Crippen molar-refractivity contribution in [2.45, 2.75) is 31.7 Å². The summed E-state index contributed by atoms with van der Waals surface area (Å²) in [6.07, 6.45) is 6.58. The molecule has 1 fully saturated rings. The zero-order valence-corrected chi connectivity index (χ0v) is 7.01. The van der Waals surface area contributed by atoms with E-state index in [-0.39, 0.29) is 0 Å². The molecule has 0 aromatic rings. The summed E-state index contributed by atoms with van der Waals surface area (Å²) >= 11 is 0. The average molecular weight is 155 g/mol. The fourth-order valence-corrected chi connectivity index (χ4v) is 1.50. The van der Waals surface area contributed by atoms with Gasteiger partial charge < -0.3 is 10.1 Å². The summed E-state index contributed by atoms with van der Waals surface area (Å²) in [6.45, 7) is 5.51. The predicted octanol–water partition coefficient (Wildman–Crippen LogP) is 1.68. The lowest BCUT2D eigenvalue weighted by Crippen LogP contribution is -2.21. The van der Waals surface area contributed by atoms with Crippen LogP contribution in [-0.2, 0) is 4.74 Å². The van der Waals surface area contributed by atoms with E-state index in [0.29, 0.717) is 0 Å². The Morgan fingerprint density at radius 3 is 3.18 bits per heavy atom. The first-order valence-electron chi connectivity index (χ1n) is 4.39. The summed E-state index contributed by atoms with van der Waals surface area (Å²) in [5.41, 5.74) is 0. The second-order valence-electron chi connectivity index (χ2n) is 2.97. The van der Waals surface area contributed by atoms with Gasteiger partial charge in [0.1, 0.15) is 0 Å². The van der Waals surface area contributed by atoms with Crippen LogP contribution < -0.4 is 5.32 Å². The molecule has 0 amide bonds. The van der Waals surface area contributed by atoms with Crippen molar-refractivity contribution in [2.24, 2.45) is 0 Å². The highest BCUT2D eigenvalue weighted by atomic mass is 16.5. The third kappa shape index (κ3) is 3.42. The molecule has 2 nitrogen and oxygen atoms in total. The number of rotatable bonds is 5. The summed E-state index contributed by atoms with van der Waals surface area (Å²) in [6, 6.07) is 0.753. The Bertz CT molecular complexity index is 108. The second kappa shape index (κ2) is 5.19. The van der Waals surface area contributed by atoms with Gasteiger partial charge in [0.25, 0.3) is 0 Å². The van der Waals surface area contributed by atoms with Crippen LogP contribution in [0.25, 0.3) is 0 Å². The Morgan fingerprint density at radius 2 is 2.55 bits per heavy atom. The van der Waals surface area contributed by atoms with E-state index < -0.39 is 0 Å². The first kappa shape index (κ1) is 8.60. The summed E-state index contributed by atoms with van der Waals surface area (Å²) in [7, 11) is 0. The number of hydrogen-bond donors (Lipinski definition) is 1.